The zero-order valence-electron chi connectivity index (χ0n) is 5.84. The van der Waals surface area contributed by atoms with E-state index in [0.717, 1.165) is 5.92 Å². The van der Waals surface area contributed by atoms with Gasteiger partial charge in [0.1, 0.15) is 0 Å². The lowest BCUT2D eigenvalue weighted by Gasteiger charge is -1.85. The molecular weight excluding hydrogens is 128 g/mol. The number of rotatable bonds is 4. The summed E-state index contributed by atoms with van der Waals surface area (Å²) < 4.78 is 0. The minimum absolute atomic E-state index is 0.933. The Bertz CT molecular complexity index is 92.7. The summed E-state index contributed by atoms with van der Waals surface area (Å²) >= 11 is 1.88. The standard InChI is InChI=1S/C8H13S/c1-9-7-3-2-4-8-5-6-8/h2-3,5,8H,4,6-7H2,1H3. The van der Waals surface area contributed by atoms with Gasteiger partial charge in [0.15, 0.2) is 0 Å². The van der Waals surface area contributed by atoms with E-state index in [1.165, 1.54) is 18.6 Å². The van der Waals surface area contributed by atoms with Crippen LogP contribution < -0.4 is 0 Å². The summed E-state index contributed by atoms with van der Waals surface area (Å²) in [6, 6.07) is 0. The highest BCUT2D eigenvalue weighted by molar-refractivity contribution is 7.98. The van der Waals surface area contributed by atoms with Crippen molar-refractivity contribution in [1.82, 2.24) is 0 Å². The highest BCUT2D eigenvalue weighted by Gasteiger charge is 2.19. The third kappa shape index (κ3) is 3.63. The molecule has 0 aliphatic heterocycles. The molecule has 9 heavy (non-hydrogen) atoms. The molecular formula is C8H13S. The summed E-state index contributed by atoms with van der Waals surface area (Å²) in [5.74, 6) is 2.11. The Morgan fingerprint density at radius 2 is 2.44 bits per heavy atom. The van der Waals surface area contributed by atoms with Gasteiger partial charge >= 0.3 is 0 Å². The first-order valence-electron chi connectivity index (χ1n) is 3.40. The molecule has 0 aromatic rings. The summed E-state index contributed by atoms with van der Waals surface area (Å²) in [6.45, 7) is 0. The molecule has 1 rings (SSSR count). The van der Waals surface area contributed by atoms with E-state index in [2.05, 4.69) is 24.8 Å². The van der Waals surface area contributed by atoms with Gasteiger partial charge in [0.2, 0.25) is 0 Å². The van der Waals surface area contributed by atoms with Crippen molar-refractivity contribution < 1.29 is 0 Å². The molecule has 0 spiro atoms. The first-order valence-corrected chi connectivity index (χ1v) is 4.80. The van der Waals surface area contributed by atoms with Gasteiger partial charge in [0.05, 0.1) is 0 Å². The van der Waals surface area contributed by atoms with Gasteiger partial charge in [-0.3, -0.25) is 0 Å². The number of hydrogen-bond acceptors (Lipinski definition) is 1. The van der Waals surface area contributed by atoms with E-state index in [-0.39, 0.29) is 0 Å². The molecule has 1 fully saturated rings. The van der Waals surface area contributed by atoms with E-state index in [1.54, 1.807) is 0 Å². The van der Waals surface area contributed by atoms with Crippen LogP contribution in [0.5, 0.6) is 0 Å². The Morgan fingerprint density at radius 1 is 1.67 bits per heavy atom. The van der Waals surface area contributed by atoms with E-state index >= 15 is 0 Å². The lowest BCUT2D eigenvalue weighted by molar-refractivity contribution is 0.891. The van der Waals surface area contributed by atoms with Crippen LogP contribution in [-0.2, 0) is 0 Å². The second-order valence-electron chi connectivity index (χ2n) is 2.39. The Hall–Kier alpha value is 0.0900. The molecule has 0 aromatic heterocycles. The van der Waals surface area contributed by atoms with E-state index < -0.39 is 0 Å². The molecule has 0 bridgehead atoms. The summed E-state index contributed by atoms with van der Waals surface area (Å²) in [5, 5.41) is 0. The van der Waals surface area contributed by atoms with Crippen molar-refractivity contribution in [2.45, 2.75) is 12.8 Å². The third-order valence-electron chi connectivity index (χ3n) is 1.44. The number of hydrogen-bond donors (Lipinski definition) is 0. The van der Waals surface area contributed by atoms with Gasteiger partial charge in [-0.2, -0.15) is 11.8 Å². The molecule has 0 saturated heterocycles. The van der Waals surface area contributed by atoms with Crippen LogP contribution in [0.15, 0.2) is 12.2 Å². The Kier molecular flexibility index (Phi) is 3.20. The van der Waals surface area contributed by atoms with Gasteiger partial charge in [-0.05, 0) is 31.4 Å². The van der Waals surface area contributed by atoms with Crippen LogP contribution in [0.2, 0.25) is 0 Å². The molecule has 51 valence electrons. The fourth-order valence-electron chi connectivity index (χ4n) is 0.724. The molecule has 0 amide bonds. The molecule has 1 aliphatic rings. The fraction of sp³-hybridized carbons (Fsp3) is 0.625. The van der Waals surface area contributed by atoms with Crippen LogP contribution >= 0.6 is 11.8 Å². The van der Waals surface area contributed by atoms with Gasteiger partial charge in [-0.15, -0.1) is 0 Å². The molecule has 0 nitrogen and oxygen atoms in total. The Morgan fingerprint density at radius 3 is 3.00 bits per heavy atom. The molecule has 0 heterocycles. The average Bonchev–Trinajstić information content (AvgIpc) is 2.63. The van der Waals surface area contributed by atoms with Crippen molar-refractivity contribution in [2.24, 2.45) is 5.92 Å². The molecule has 1 aliphatic carbocycles. The van der Waals surface area contributed by atoms with E-state index in [9.17, 15) is 0 Å². The van der Waals surface area contributed by atoms with Crippen molar-refractivity contribution in [1.29, 1.82) is 0 Å². The number of allylic oxidation sites excluding steroid dienone is 1. The van der Waals surface area contributed by atoms with Crippen LogP contribution in [0.3, 0.4) is 0 Å². The predicted octanol–water partition coefficient (Wildman–Crippen LogP) is 2.52. The van der Waals surface area contributed by atoms with Crippen molar-refractivity contribution in [2.75, 3.05) is 12.0 Å². The number of thioether (sulfide) groups is 1. The van der Waals surface area contributed by atoms with Crippen molar-refractivity contribution in [3.63, 3.8) is 0 Å². The average molecular weight is 141 g/mol. The lowest BCUT2D eigenvalue weighted by atomic mass is 10.3. The molecule has 0 aromatic carbocycles. The summed E-state index contributed by atoms with van der Waals surface area (Å²) in [5.41, 5.74) is 0. The predicted molar refractivity (Wildman–Crippen MR) is 44.5 cm³/mol. The topological polar surface area (TPSA) is 0 Å². The van der Waals surface area contributed by atoms with Crippen molar-refractivity contribution in [3.8, 4) is 0 Å². The minimum Gasteiger partial charge on any atom is -0.161 e. The normalized spacial score (nSPS) is 19.2. The van der Waals surface area contributed by atoms with E-state index in [1.807, 2.05) is 11.8 Å². The third-order valence-corrected chi connectivity index (χ3v) is 1.96. The maximum Gasteiger partial charge on any atom is 0.0110 e. The highest BCUT2D eigenvalue weighted by atomic mass is 32.2. The van der Waals surface area contributed by atoms with E-state index in [4.69, 9.17) is 0 Å². The van der Waals surface area contributed by atoms with Gasteiger partial charge in [0.25, 0.3) is 0 Å². The van der Waals surface area contributed by atoms with Crippen LogP contribution in [0.1, 0.15) is 12.8 Å². The first kappa shape index (κ1) is 7.20. The monoisotopic (exact) mass is 141 g/mol. The van der Waals surface area contributed by atoms with Crippen LogP contribution in [0.4, 0.5) is 0 Å². The summed E-state index contributed by atoms with van der Waals surface area (Å²) in [7, 11) is 0. The van der Waals surface area contributed by atoms with Crippen LogP contribution in [0, 0.1) is 12.3 Å². The van der Waals surface area contributed by atoms with Gasteiger partial charge in [-0.1, -0.05) is 12.2 Å². The summed E-state index contributed by atoms with van der Waals surface area (Å²) in [6.07, 6.45) is 11.7. The van der Waals surface area contributed by atoms with Gasteiger partial charge < -0.3 is 0 Å². The van der Waals surface area contributed by atoms with Gasteiger partial charge in [0, 0.05) is 5.75 Å². The quantitative estimate of drug-likeness (QED) is 0.542. The Labute approximate surface area is 61.7 Å². The molecule has 0 N–H and O–H groups in total. The zero-order valence-corrected chi connectivity index (χ0v) is 6.66. The van der Waals surface area contributed by atoms with Crippen molar-refractivity contribution in [3.05, 3.63) is 18.6 Å². The van der Waals surface area contributed by atoms with Crippen LogP contribution in [0.25, 0.3) is 0 Å². The molecule has 1 atom stereocenters. The second kappa shape index (κ2) is 3.99. The van der Waals surface area contributed by atoms with Gasteiger partial charge in [-0.25, -0.2) is 0 Å². The SMILES string of the molecule is CSCC=CCC1[CH]C1. The second-order valence-corrected chi connectivity index (χ2v) is 3.30. The highest BCUT2D eigenvalue weighted by Crippen LogP contribution is 2.30. The van der Waals surface area contributed by atoms with Crippen molar-refractivity contribution >= 4 is 11.8 Å². The largest absolute Gasteiger partial charge is 0.161 e. The Balaban J connectivity index is 1.88. The van der Waals surface area contributed by atoms with Crippen LogP contribution in [-0.4, -0.2) is 12.0 Å². The minimum atomic E-state index is 0.933. The zero-order chi connectivity index (χ0) is 6.53. The summed E-state index contributed by atoms with van der Waals surface area (Å²) in [4.78, 5) is 0. The fourth-order valence-corrected chi connectivity index (χ4v) is 1.05. The van der Waals surface area contributed by atoms with E-state index in [0.29, 0.717) is 0 Å². The lowest BCUT2D eigenvalue weighted by Crippen LogP contribution is -1.70. The maximum absolute atomic E-state index is 2.36. The molecule has 1 heteroatoms. The molecule has 1 unspecified atom stereocenters. The maximum atomic E-state index is 2.36. The molecule has 1 saturated carbocycles. The smallest absolute Gasteiger partial charge is 0.0110 e. The first-order chi connectivity index (χ1) is 4.43. The molecule has 1 radical (unpaired) electrons.